The lowest BCUT2D eigenvalue weighted by atomic mass is 10.2. The zero-order chi connectivity index (χ0) is 16.5. The molecule has 2 aromatic heterocycles. The molecule has 0 radical (unpaired) electrons. The van der Waals surface area contributed by atoms with Gasteiger partial charge in [0.15, 0.2) is 5.69 Å². The largest absolute Gasteiger partial charge is 0.464 e. The van der Waals surface area contributed by atoms with E-state index in [1.54, 1.807) is 11.3 Å². The number of hydrogen-bond acceptors (Lipinski definition) is 7. The highest BCUT2D eigenvalue weighted by molar-refractivity contribution is 7.18. The van der Waals surface area contributed by atoms with Crippen molar-refractivity contribution in [2.24, 2.45) is 0 Å². The van der Waals surface area contributed by atoms with Crippen molar-refractivity contribution in [2.45, 2.75) is 25.4 Å². The fraction of sp³-hybridized carbons (Fsp3) is 0.353. The number of methoxy groups -OCH3 is 1. The molecule has 1 aliphatic rings. The van der Waals surface area contributed by atoms with E-state index >= 15 is 0 Å². The average Bonchev–Trinajstić information content (AvgIpc) is 3.33. The molecule has 3 heterocycles. The first-order chi connectivity index (χ1) is 11.7. The fourth-order valence-electron chi connectivity index (χ4n) is 3.08. The molecule has 6 nitrogen and oxygen atoms in total. The van der Waals surface area contributed by atoms with Crippen LogP contribution in [0.2, 0.25) is 0 Å². The minimum atomic E-state index is -0.478. The summed E-state index contributed by atoms with van der Waals surface area (Å²) in [5.41, 5.74) is 1.26. The molecule has 1 atom stereocenters. The number of likely N-dealkylation sites (tertiary alicyclic amines) is 1. The highest BCUT2D eigenvalue weighted by Gasteiger charge is 2.30. The summed E-state index contributed by atoms with van der Waals surface area (Å²) in [7, 11) is 1.33. The van der Waals surface area contributed by atoms with Gasteiger partial charge in [0.05, 0.1) is 29.9 Å². The number of carbonyl (C=O) groups is 1. The number of carbonyl (C=O) groups excluding carboxylic acids is 1. The van der Waals surface area contributed by atoms with Crippen LogP contribution in [-0.2, 0) is 11.3 Å². The van der Waals surface area contributed by atoms with E-state index in [2.05, 4.69) is 20.7 Å². The summed E-state index contributed by atoms with van der Waals surface area (Å²) >= 11 is 1.74. The smallest absolute Gasteiger partial charge is 0.360 e. The molecule has 0 saturated carbocycles. The first-order valence-corrected chi connectivity index (χ1v) is 8.68. The molecule has 3 aromatic rings. The van der Waals surface area contributed by atoms with Gasteiger partial charge in [-0.3, -0.25) is 4.90 Å². The number of aromatic nitrogens is 2. The van der Waals surface area contributed by atoms with Crippen LogP contribution in [0.1, 0.15) is 40.3 Å². The summed E-state index contributed by atoms with van der Waals surface area (Å²) in [6.07, 6.45) is 3.54. The molecule has 1 fully saturated rings. The van der Waals surface area contributed by atoms with Crippen molar-refractivity contribution in [3.63, 3.8) is 0 Å². The van der Waals surface area contributed by atoms with Gasteiger partial charge in [-0.2, -0.15) is 0 Å². The average molecular weight is 343 g/mol. The Hall–Kier alpha value is -2.25. The van der Waals surface area contributed by atoms with Gasteiger partial charge in [0.1, 0.15) is 11.3 Å². The monoisotopic (exact) mass is 343 g/mol. The quantitative estimate of drug-likeness (QED) is 0.676. The molecule has 0 N–H and O–H groups in total. The third-order valence-electron chi connectivity index (χ3n) is 4.24. The van der Waals surface area contributed by atoms with Crippen LogP contribution in [0.4, 0.5) is 0 Å². The number of thiazole rings is 1. The molecule has 24 heavy (non-hydrogen) atoms. The van der Waals surface area contributed by atoms with Gasteiger partial charge in [0.2, 0.25) is 5.89 Å². The normalized spacial score (nSPS) is 18.3. The number of fused-ring (bicyclic) bond motifs is 1. The Morgan fingerprint density at radius 2 is 2.29 bits per heavy atom. The van der Waals surface area contributed by atoms with E-state index in [1.807, 2.05) is 18.2 Å². The first-order valence-electron chi connectivity index (χ1n) is 7.87. The number of benzene rings is 1. The summed E-state index contributed by atoms with van der Waals surface area (Å²) in [5, 5.41) is 1.13. The molecule has 1 saturated heterocycles. The lowest BCUT2D eigenvalue weighted by molar-refractivity contribution is 0.0594. The Balaban J connectivity index is 1.54. The summed E-state index contributed by atoms with van der Waals surface area (Å²) in [5.74, 6) is 0.0533. The van der Waals surface area contributed by atoms with Crippen molar-refractivity contribution in [3.05, 3.63) is 47.1 Å². The van der Waals surface area contributed by atoms with Crippen molar-refractivity contribution < 1.29 is 13.9 Å². The molecular weight excluding hydrogens is 326 g/mol. The SMILES string of the molecule is COC(=O)c1coc(CN2CCC[C@@H]2c2nc3ccccc3s2)n1. The lowest BCUT2D eigenvalue weighted by Gasteiger charge is -2.20. The van der Waals surface area contributed by atoms with Crippen molar-refractivity contribution in [1.82, 2.24) is 14.9 Å². The van der Waals surface area contributed by atoms with Crippen molar-refractivity contribution in [3.8, 4) is 0 Å². The van der Waals surface area contributed by atoms with E-state index in [1.165, 1.54) is 18.1 Å². The zero-order valence-electron chi connectivity index (χ0n) is 13.3. The molecule has 0 unspecified atom stereocenters. The van der Waals surface area contributed by atoms with Crippen LogP contribution in [0.3, 0.4) is 0 Å². The third-order valence-corrected chi connectivity index (χ3v) is 5.38. The highest BCUT2D eigenvalue weighted by atomic mass is 32.1. The van der Waals surface area contributed by atoms with Gasteiger partial charge in [-0.15, -0.1) is 11.3 Å². The number of rotatable bonds is 4. The Labute approximate surface area is 143 Å². The van der Waals surface area contributed by atoms with Gasteiger partial charge in [0.25, 0.3) is 0 Å². The number of esters is 1. The molecule has 1 aromatic carbocycles. The summed E-state index contributed by atoms with van der Waals surface area (Å²) < 4.78 is 11.3. The van der Waals surface area contributed by atoms with E-state index in [-0.39, 0.29) is 11.7 Å². The van der Waals surface area contributed by atoms with Crippen molar-refractivity contribution in [1.29, 1.82) is 0 Å². The number of oxazole rings is 1. The third kappa shape index (κ3) is 2.81. The summed E-state index contributed by atoms with van der Waals surface area (Å²) in [4.78, 5) is 22.8. The topological polar surface area (TPSA) is 68.5 Å². The van der Waals surface area contributed by atoms with Crippen LogP contribution < -0.4 is 0 Å². The predicted octanol–water partition coefficient (Wildman–Crippen LogP) is 3.41. The number of nitrogens with zero attached hydrogens (tertiary/aromatic N) is 3. The molecule has 4 rings (SSSR count). The lowest BCUT2D eigenvalue weighted by Crippen LogP contribution is -2.23. The highest BCUT2D eigenvalue weighted by Crippen LogP contribution is 2.37. The number of hydrogen-bond donors (Lipinski definition) is 0. The molecule has 0 aliphatic carbocycles. The summed E-state index contributed by atoms with van der Waals surface area (Å²) in [6.45, 7) is 1.54. The summed E-state index contributed by atoms with van der Waals surface area (Å²) in [6, 6.07) is 8.48. The van der Waals surface area contributed by atoms with Crippen LogP contribution >= 0.6 is 11.3 Å². The Morgan fingerprint density at radius 3 is 3.12 bits per heavy atom. The molecular formula is C17H17N3O3S. The minimum absolute atomic E-state index is 0.211. The molecule has 124 valence electrons. The van der Waals surface area contributed by atoms with Crippen LogP contribution in [0.15, 0.2) is 34.9 Å². The Kier molecular flexibility index (Phi) is 4.03. The second-order valence-corrected chi connectivity index (χ2v) is 6.83. The van der Waals surface area contributed by atoms with Gasteiger partial charge in [-0.05, 0) is 31.5 Å². The Morgan fingerprint density at radius 1 is 1.42 bits per heavy atom. The first kappa shape index (κ1) is 15.3. The van der Waals surface area contributed by atoms with Gasteiger partial charge in [-0.25, -0.2) is 14.8 Å². The van der Waals surface area contributed by atoms with Crippen LogP contribution in [0, 0.1) is 0 Å². The van der Waals surface area contributed by atoms with Gasteiger partial charge in [-0.1, -0.05) is 12.1 Å². The van der Waals surface area contributed by atoms with Crippen LogP contribution in [0.5, 0.6) is 0 Å². The minimum Gasteiger partial charge on any atom is -0.464 e. The van der Waals surface area contributed by atoms with Crippen LogP contribution in [-0.4, -0.2) is 34.5 Å². The van der Waals surface area contributed by atoms with E-state index in [0.717, 1.165) is 29.9 Å². The zero-order valence-corrected chi connectivity index (χ0v) is 14.1. The number of para-hydroxylation sites is 1. The molecule has 7 heteroatoms. The maximum Gasteiger partial charge on any atom is 0.360 e. The maximum atomic E-state index is 11.5. The molecule has 0 bridgehead atoms. The fourth-order valence-corrected chi connectivity index (χ4v) is 4.22. The number of ether oxygens (including phenoxy) is 1. The predicted molar refractivity (Wildman–Crippen MR) is 89.8 cm³/mol. The van der Waals surface area contributed by atoms with Gasteiger partial charge >= 0.3 is 5.97 Å². The van der Waals surface area contributed by atoms with Gasteiger partial charge in [0, 0.05) is 0 Å². The van der Waals surface area contributed by atoms with Crippen LogP contribution in [0.25, 0.3) is 10.2 Å². The van der Waals surface area contributed by atoms with Crippen molar-refractivity contribution >= 4 is 27.5 Å². The standard InChI is InChI=1S/C17H17N3O3S/c1-22-17(21)12-10-23-15(18-12)9-20-8-4-6-13(20)16-19-11-5-2-3-7-14(11)24-16/h2-3,5,7,10,13H,4,6,8-9H2,1H3/t13-/m1/s1. The Bertz CT molecular complexity index is 840. The van der Waals surface area contributed by atoms with E-state index in [4.69, 9.17) is 9.40 Å². The second kappa shape index (κ2) is 6.33. The van der Waals surface area contributed by atoms with E-state index in [0.29, 0.717) is 12.4 Å². The van der Waals surface area contributed by atoms with E-state index < -0.39 is 5.97 Å². The molecule has 0 spiro atoms. The second-order valence-electron chi connectivity index (χ2n) is 5.77. The van der Waals surface area contributed by atoms with E-state index in [9.17, 15) is 4.79 Å². The van der Waals surface area contributed by atoms with Gasteiger partial charge < -0.3 is 9.15 Å². The molecule has 1 aliphatic heterocycles. The molecule has 0 amide bonds. The maximum absolute atomic E-state index is 11.5. The van der Waals surface area contributed by atoms with Crippen molar-refractivity contribution in [2.75, 3.05) is 13.7 Å².